The molecule has 1 aromatic rings. The van der Waals surface area contributed by atoms with E-state index >= 15 is 0 Å². The quantitative estimate of drug-likeness (QED) is 0.420. The number of hydrogen-bond acceptors (Lipinski definition) is 3. The molecule has 0 fully saturated rings. The number of nitrogen functional groups attached to an aromatic ring is 1. The van der Waals surface area contributed by atoms with Gasteiger partial charge in [-0.25, -0.2) is 0 Å². The van der Waals surface area contributed by atoms with E-state index in [2.05, 4.69) is 24.9 Å². The topological polar surface area (TPSA) is 62.3 Å². The van der Waals surface area contributed by atoms with Crippen molar-refractivity contribution >= 4 is 5.84 Å². The van der Waals surface area contributed by atoms with Crippen molar-refractivity contribution in [3.63, 3.8) is 0 Å². The average molecular weight is 249 g/mol. The lowest BCUT2D eigenvalue weighted by Gasteiger charge is -2.17. The lowest BCUT2D eigenvalue weighted by molar-refractivity contribution is 0.110. The summed E-state index contributed by atoms with van der Waals surface area (Å²) in [5.74, 6) is 0.116. The van der Waals surface area contributed by atoms with Crippen LogP contribution in [0.3, 0.4) is 0 Å². The van der Waals surface area contributed by atoms with E-state index in [9.17, 15) is 0 Å². The van der Waals surface area contributed by atoms with Gasteiger partial charge in [-0.2, -0.15) is 0 Å². The van der Waals surface area contributed by atoms with Gasteiger partial charge in [0, 0.05) is 25.3 Å². The van der Waals surface area contributed by atoms with Gasteiger partial charge in [-0.3, -0.25) is 10.3 Å². The third-order valence-electron chi connectivity index (χ3n) is 2.66. The summed E-state index contributed by atoms with van der Waals surface area (Å²) in [6.45, 7) is 5.45. The number of hydrogen-bond donors (Lipinski definition) is 2. The summed E-state index contributed by atoms with van der Waals surface area (Å²) in [6, 6.07) is 7.81. The lowest BCUT2D eigenvalue weighted by Crippen LogP contribution is -2.23. The number of nitrogens with zero attached hydrogens (tertiary/aromatic N) is 1. The summed E-state index contributed by atoms with van der Waals surface area (Å²) in [6.07, 6.45) is 1.06. The second-order valence-electron chi connectivity index (χ2n) is 4.46. The molecule has 18 heavy (non-hydrogen) atoms. The number of rotatable bonds is 8. The molecular weight excluding hydrogens is 226 g/mol. The first-order valence-electron chi connectivity index (χ1n) is 6.33. The Kier molecular flexibility index (Phi) is 6.39. The van der Waals surface area contributed by atoms with Crippen LogP contribution in [0.4, 0.5) is 0 Å². The van der Waals surface area contributed by atoms with Crippen LogP contribution in [0.15, 0.2) is 24.3 Å². The van der Waals surface area contributed by atoms with E-state index in [0.29, 0.717) is 0 Å². The largest absolute Gasteiger partial charge is 0.384 e. The molecule has 0 aromatic heterocycles. The smallest absolute Gasteiger partial charge is 0.122 e. The molecule has 0 aliphatic heterocycles. The van der Waals surface area contributed by atoms with Crippen LogP contribution in [-0.4, -0.2) is 37.5 Å². The Morgan fingerprint density at radius 2 is 2.17 bits per heavy atom. The van der Waals surface area contributed by atoms with Crippen LogP contribution in [0, 0.1) is 5.41 Å². The molecular formula is C14H23N3O. The number of nitrogens with one attached hydrogen (secondary N) is 1. The molecule has 0 heterocycles. The van der Waals surface area contributed by atoms with E-state index in [4.69, 9.17) is 15.9 Å². The molecule has 0 atom stereocenters. The van der Waals surface area contributed by atoms with E-state index in [1.165, 1.54) is 5.56 Å². The van der Waals surface area contributed by atoms with Gasteiger partial charge in [-0.1, -0.05) is 25.1 Å². The minimum Gasteiger partial charge on any atom is -0.384 e. The molecule has 0 aliphatic rings. The van der Waals surface area contributed by atoms with Crippen LogP contribution in [0.1, 0.15) is 24.5 Å². The van der Waals surface area contributed by atoms with Crippen LogP contribution >= 0.6 is 0 Å². The summed E-state index contributed by atoms with van der Waals surface area (Å²) in [5.41, 5.74) is 7.42. The summed E-state index contributed by atoms with van der Waals surface area (Å²) < 4.78 is 5.46. The van der Waals surface area contributed by atoms with E-state index < -0.39 is 0 Å². The second kappa shape index (κ2) is 7.84. The van der Waals surface area contributed by atoms with E-state index in [0.717, 1.165) is 38.3 Å². The number of benzene rings is 1. The fourth-order valence-corrected chi connectivity index (χ4v) is 1.69. The van der Waals surface area contributed by atoms with Crippen molar-refractivity contribution in [2.75, 3.05) is 26.8 Å². The average Bonchev–Trinajstić information content (AvgIpc) is 2.35. The van der Waals surface area contributed by atoms with Gasteiger partial charge in [0.2, 0.25) is 0 Å². The third-order valence-corrected chi connectivity index (χ3v) is 2.66. The van der Waals surface area contributed by atoms with E-state index in [-0.39, 0.29) is 5.84 Å². The van der Waals surface area contributed by atoms with Crippen molar-refractivity contribution in [3.05, 3.63) is 35.4 Å². The van der Waals surface area contributed by atoms with Gasteiger partial charge < -0.3 is 10.5 Å². The normalized spacial score (nSPS) is 10.8. The van der Waals surface area contributed by atoms with Crippen molar-refractivity contribution in [1.82, 2.24) is 4.90 Å². The molecule has 100 valence electrons. The monoisotopic (exact) mass is 249 g/mol. The molecule has 0 bridgehead atoms. The van der Waals surface area contributed by atoms with Crippen LogP contribution in [-0.2, 0) is 11.3 Å². The minimum atomic E-state index is 0.116. The predicted octanol–water partition coefficient (Wildman–Crippen LogP) is 1.83. The van der Waals surface area contributed by atoms with Crippen molar-refractivity contribution in [1.29, 1.82) is 5.41 Å². The number of amidine groups is 1. The van der Waals surface area contributed by atoms with E-state index in [1.54, 1.807) is 0 Å². The highest BCUT2D eigenvalue weighted by atomic mass is 16.5. The van der Waals surface area contributed by atoms with Crippen LogP contribution in [0.2, 0.25) is 0 Å². The van der Waals surface area contributed by atoms with Crippen molar-refractivity contribution in [2.24, 2.45) is 5.73 Å². The van der Waals surface area contributed by atoms with Gasteiger partial charge in [0.25, 0.3) is 0 Å². The molecule has 1 rings (SSSR count). The molecule has 3 N–H and O–H groups in total. The van der Waals surface area contributed by atoms with Gasteiger partial charge in [-0.05, 0) is 25.1 Å². The Morgan fingerprint density at radius 1 is 1.39 bits per heavy atom. The molecule has 4 nitrogen and oxygen atoms in total. The predicted molar refractivity (Wildman–Crippen MR) is 74.9 cm³/mol. The zero-order chi connectivity index (χ0) is 13.4. The molecule has 4 heteroatoms. The maximum absolute atomic E-state index is 7.42. The first-order chi connectivity index (χ1) is 8.63. The third kappa shape index (κ3) is 5.29. The minimum absolute atomic E-state index is 0.116. The van der Waals surface area contributed by atoms with Gasteiger partial charge in [0.1, 0.15) is 5.84 Å². The maximum Gasteiger partial charge on any atom is 0.122 e. The molecule has 1 aromatic carbocycles. The molecule has 0 spiro atoms. The molecule has 0 saturated heterocycles. The van der Waals surface area contributed by atoms with Gasteiger partial charge >= 0.3 is 0 Å². The van der Waals surface area contributed by atoms with Crippen molar-refractivity contribution in [2.45, 2.75) is 19.9 Å². The van der Waals surface area contributed by atoms with Gasteiger partial charge in [-0.15, -0.1) is 0 Å². The first kappa shape index (κ1) is 14.7. The Bertz CT molecular complexity index is 379. The van der Waals surface area contributed by atoms with Crippen molar-refractivity contribution in [3.8, 4) is 0 Å². The first-order valence-corrected chi connectivity index (χ1v) is 6.33. The highest BCUT2D eigenvalue weighted by Crippen LogP contribution is 2.07. The molecule has 0 radical (unpaired) electrons. The highest BCUT2D eigenvalue weighted by Gasteiger charge is 2.02. The number of nitrogens with two attached hydrogens (primary N) is 1. The second-order valence-corrected chi connectivity index (χ2v) is 4.46. The summed E-state index contributed by atoms with van der Waals surface area (Å²) in [7, 11) is 2.07. The summed E-state index contributed by atoms with van der Waals surface area (Å²) >= 11 is 0. The summed E-state index contributed by atoms with van der Waals surface area (Å²) in [5, 5.41) is 7.42. The number of ether oxygens (including phenoxy) is 1. The zero-order valence-corrected chi connectivity index (χ0v) is 11.3. The van der Waals surface area contributed by atoms with Crippen LogP contribution in [0.5, 0.6) is 0 Å². The summed E-state index contributed by atoms with van der Waals surface area (Å²) in [4.78, 5) is 2.20. The Hall–Kier alpha value is -1.39. The molecule has 0 unspecified atom stereocenters. The SMILES string of the molecule is CCCOCCN(C)Cc1cccc(C(=N)N)c1. The highest BCUT2D eigenvalue weighted by molar-refractivity contribution is 5.95. The van der Waals surface area contributed by atoms with Gasteiger partial charge in [0.15, 0.2) is 0 Å². The standard InChI is InChI=1S/C14H23N3O/c1-3-8-18-9-7-17(2)11-12-5-4-6-13(10-12)14(15)16/h4-6,10H,3,7-9,11H2,1-2H3,(H3,15,16). The fourth-order valence-electron chi connectivity index (χ4n) is 1.69. The van der Waals surface area contributed by atoms with E-state index in [1.807, 2.05) is 18.2 Å². The Balaban J connectivity index is 2.41. The Labute approximate surface area is 109 Å². The van der Waals surface area contributed by atoms with Crippen LogP contribution in [0.25, 0.3) is 0 Å². The molecule has 0 amide bonds. The zero-order valence-electron chi connectivity index (χ0n) is 11.3. The van der Waals surface area contributed by atoms with Gasteiger partial charge in [0.05, 0.1) is 6.61 Å². The lowest BCUT2D eigenvalue weighted by atomic mass is 10.1. The maximum atomic E-state index is 7.42. The molecule has 0 saturated carbocycles. The fraction of sp³-hybridized carbons (Fsp3) is 0.500. The van der Waals surface area contributed by atoms with Crippen LogP contribution < -0.4 is 5.73 Å². The molecule has 0 aliphatic carbocycles. The Morgan fingerprint density at radius 3 is 2.83 bits per heavy atom. The van der Waals surface area contributed by atoms with Crippen molar-refractivity contribution < 1.29 is 4.74 Å². The number of likely N-dealkylation sites (N-methyl/N-ethyl adjacent to an activating group) is 1.